The van der Waals surface area contributed by atoms with Crippen LogP contribution >= 0.6 is 0 Å². The van der Waals surface area contributed by atoms with Gasteiger partial charge in [0, 0.05) is 26.1 Å². The van der Waals surface area contributed by atoms with Gasteiger partial charge >= 0.3 is 0 Å². The number of halogens is 1. The highest BCUT2D eigenvalue weighted by Gasteiger charge is 2.10. The second kappa shape index (κ2) is 9.08. The number of carbonyl (C=O) groups is 2. The molecule has 0 saturated heterocycles. The van der Waals surface area contributed by atoms with E-state index < -0.39 is 0 Å². The quantitative estimate of drug-likeness (QED) is 0.599. The average Bonchev–Trinajstić information content (AvgIpc) is 2.47. The highest BCUT2D eigenvalue weighted by atomic mass is 19.1. The molecule has 0 spiro atoms. The van der Waals surface area contributed by atoms with Crippen molar-refractivity contribution in [2.24, 2.45) is 5.92 Å². The minimum absolute atomic E-state index is 0.0787. The van der Waals surface area contributed by atoms with Crippen LogP contribution in [0.2, 0.25) is 0 Å². The van der Waals surface area contributed by atoms with Crippen molar-refractivity contribution in [1.82, 2.24) is 10.6 Å². The Labute approximate surface area is 137 Å². The number of allylic oxidation sites excluding steroid dienone is 1. The first-order valence-electron chi connectivity index (χ1n) is 7.81. The summed E-state index contributed by atoms with van der Waals surface area (Å²) in [6, 6.07) is 4.87. The number of benzene rings is 1. The third-order valence-electron chi connectivity index (χ3n) is 3.43. The van der Waals surface area contributed by atoms with Crippen LogP contribution < -0.4 is 10.6 Å². The molecule has 126 valence electrons. The van der Waals surface area contributed by atoms with E-state index in [1.165, 1.54) is 13.0 Å². The van der Waals surface area contributed by atoms with Gasteiger partial charge < -0.3 is 10.6 Å². The molecule has 1 aromatic carbocycles. The molecular weight excluding hydrogens is 295 g/mol. The molecule has 0 bridgehead atoms. The van der Waals surface area contributed by atoms with Gasteiger partial charge in [0.15, 0.2) is 0 Å². The normalized spacial score (nSPS) is 11.5. The van der Waals surface area contributed by atoms with Crippen LogP contribution in [0.4, 0.5) is 4.39 Å². The van der Waals surface area contributed by atoms with Crippen molar-refractivity contribution in [3.8, 4) is 0 Å². The van der Waals surface area contributed by atoms with E-state index in [-0.39, 0.29) is 23.5 Å². The van der Waals surface area contributed by atoms with Crippen LogP contribution in [-0.4, -0.2) is 24.9 Å². The largest absolute Gasteiger partial charge is 0.356 e. The molecular formula is C18H25FN2O2. The SMILES string of the molecule is CC(=O)NCCCNC(=O)/C=C(/c1ccc(F)c(C)c1)C(C)C. The Kier molecular flexibility index (Phi) is 7.45. The fraction of sp³-hybridized carbons (Fsp3) is 0.444. The Morgan fingerprint density at radius 3 is 2.43 bits per heavy atom. The number of carbonyl (C=O) groups excluding carboxylic acids is 2. The van der Waals surface area contributed by atoms with E-state index in [4.69, 9.17) is 0 Å². The number of hydrogen-bond donors (Lipinski definition) is 2. The first-order valence-corrected chi connectivity index (χ1v) is 7.81. The smallest absolute Gasteiger partial charge is 0.244 e. The first kappa shape index (κ1) is 18.9. The van der Waals surface area contributed by atoms with E-state index >= 15 is 0 Å². The van der Waals surface area contributed by atoms with Gasteiger partial charge in [-0.05, 0) is 48.1 Å². The van der Waals surface area contributed by atoms with E-state index in [1.54, 1.807) is 25.1 Å². The van der Waals surface area contributed by atoms with E-state index in [9.17, 15) is 14.0 Å². The van der Waals surface area contributed by atoms with E-state index in [2.05, 4.69) is 10.6 Å². The summed E-state index contributed by atoms with van der Waals surface area (Å²) in [6.07, 6.45) is 2.24. The summed E-state index contributed by atoms with van der Waals surface area (Å²) in [5.41, 5.74) is 2.28. The molecule has 1 aromatic rings. The summed E-state index contributed by atoms with van der Waals surface area (Å²) in [5.74, 6) is -0.368. The first-order chi connectivity index (χ1) is 10.8. The van der Waals surface area contributed by atoms with Crippen LogP contribution in [0.3, 0.4) is 0 Å². The van der Waals surface area contributed by atoms with Gasteiger partial charge in [-0.2, -0.15) is 0 Å². The van der Waals surface area contributed by atoms with Crippen LogP contribution in [0.25, 0.3) is 5.57 Å². The zero-order valence-corrected chi connectivity index (χ0v) is 14.2. The lowest BCUT2D eigenvalue weighted by Crippen LogP contribution is -2.28. The van der Waals surface area contributed by atoms with Crippen molar-refractivity contribution >= 4 is 17.4 Å². The van der Waals surface area contributed by atoms with Crippen molar-refractivity contribution in [3.05, 3.63) is 41.2 Å². The van der Waals surface area contributed by atoms with Crippen molar-refractivity contribution in [2.45, 2.75) is 34.1 Å². The molecule has 0 saturated carbocycles. The summed E-state index contributed by atoms with van der Waals surface area (Å²) in [6.45, 7) is 8.18. The average molecular weight is 320 g/mol. The van der Waals surface area contributed by atoms with E-state index in [1.807, 2.05) is 13.8 Å². The van der Waals surface area contributed by atoms with Gasteiger partial charge in [-0.1, -0.05) is 19.9 Å². The Morgan fingerprint density at radius 2 is 1.87 bits per heavy atom. The number of nitrogens with one attached hydrogen (secondary N) is 2. The molecule has 0 fully saturated rings. The maximum atomic E-state index is 13.4. The standard InChI is InChI=1S/C18H25FN2O2/c1-12(2)16(15-6-7-17(19)13(3)10-15)11-18(23)21-9-5-8-20-14(4)22/h6-7,10-12H,5,8-9H2,1-4H3,(H,20,22)(H,21,23)/b16-11+. The molecule has 0 aliphatic carbocycles. The highest BCUT2D eigenvalue weighted by molar-refractivity contribution is 5.95. The maximum absolute atomic E-state index is 13.4. The zero-order chi connectivity index (χ0) is 17.4. The van der Waals surface area contributed by atoms with Crippen molar-refractivity contribution in [3.63, 3.8) is 0 Å². The van der Waals surface area contributed by atoms with E-state index in [0.29, 0.717) is 25.1 Å². The van der Waals surface area contributed by atoms with Crippen LogP contribution in [-0.2, 0) is 9.59 Å². The van der Waals surface area contributed by atoms with Crippen molar-refractivity contribution < 1.29 is 14.0 Å². The van der Waals surface area contributed by atoms with Crippen LogP contribution in [0.1, 0.15) is 38.3 Å². The zero-order valence-electron chi connectivity index (χ0n) is 14.2. The molecule has 23 heavy (non-hydrogen) atoms. The summed E-state index contributed by atoms with van der Waals surface area (Å²) in [5, 5.41) is 5.47. The van der Waals surface area contributed by atoms with Gasteiger partial charge in [0.2, 0.25) is 11.8 Å². The second-order valence-electron chi connectivity index (χ2n) is 5.85. The van der Waals surface area contributed by atoms with Crippen LogP contribution in [0, 0.1) is 18.7 Å². The van der Waals surface area contributed by atoms with Gasteiger partial charge in [0.05, 0.1) is 0 Å². The van der Waals surface area contributed by atoms with E-state index in [0.717, 1.165) is 11.1 Å². The predicted molar refractivity (Wildman–Crippen MR) is 90.3 cm³/mol. The molecule has 0 aromatic heterocycles. The number of hydrogen-bond acceptors (Lipinski definition) is 2. The fourth-order valence-electron chi connectivity index (χ4n) is 2.16. The number of rotatable bonds is 7. The second-order valence-corrected chi connectivity index (χ2v) is 5.85. The van der Waals surface area contributed by atoms with Gasteiger partial charge in [0.1, 0.15) is 5.82 Å². The Bertz CT molecular complexity index is 595. The maximum Gasteiger partial charge on any atom is 0.244 e. The number of aryl methyl sites for hydroxylation is 1. The van der Waals surface area contributed by atoms with Crippen LogP contribution in [0.15, 0.2) is 24.3 Å². The van der Waals surface area contributed by atoms with Crippen molar-refractivity contribution in [2.75, 3.05) is 13.1 Å². The summed E-state index contributed by atoms with van der Waals surface area (Å²) in [7, 11) is 0. The lowest BCUT2D eigenvalue weighted by molar-refractivity contribution is -0.119. The highest BCUT2D eigenvalue weighted by Crippen LogP contribution is 2.24. The predicted octanol–water partition coefficient (Wildman–Crippen LogP) is 2.82. The molecule has 0 atom stereocenters. The third kappa shape index (κ3) is 6.63. The minimum atomic E-state index is -0.251. The fourth-order valence-corrected chi connectivity index (χ4v) is 2.16. The monoisotopic (exact) mass is 320 g/mol. The Morgan fingerprint density at radius 1 is 1.22 bits per heavy atom. The van der Waals surface area contributed by atoms with Gasteiger partial charge in [-0.15, -0.1) is 0 Å². The lowest BCUT2D eigenvalue weighted by Gasteiger charge is -2.13. The van der Waals surface area contributed by atoms with Gasteiger partial charge in [-0.25, -0.2) is 4.39 Å². The summed E-state index contributed by atoms with van der Waals surface area (Å²) < 4.78 is 13.4. The summed E-state index contributed by atoms with van der Waals surface area (Å²) >= 11 is 0. The third-order valence-corrected chi connectivity index (χ3v) is 3.43. The molecule has 1 rings (SSSR count). The molecule has 0 heterocycles. The molecule has 4 nitrogen and oxygen atoms in total. The molecule has 2 N–H and O–H groups in total. The number of amides is 2. The molecule has 5 heteroatoms. The molecule has 0 unspecified atom stereocenters. The molecule has 0 aliphatic heterocycles. The van der Waals surface area contributed by atoms with Gasteiger partial charge in [-0.3, -0.25) is 9.59 Å². The van der Waals surface area contributed by atoms with Gasteiger partial charge in [0.25, 0.3) is 0 Å². The Balaban J connectivity index is 2.69. The minimum Gasteiger partial charge on any atom is -0.356 e. The molecule has 0 aliphatic rings. The molecule has 0 radical (unpaired) electrons. The lowest BCUT2D eigenvalue weighted by atomic mass is 9.93. The topological polar surface area (TPSA) is 58.2 Å². The Hall–Kier alpha value is -2.17. The summed E-state index contributed by atoms with van der Waals surface area (Å²) in [4.78, 5) is 22.8. The van der Waals surface area contributed by atoms with Crippen LogP contribution in [0.5, 0.6) is 0 Å². The van der Waals surface area contributed by atoms with Crippen molar-refractivity contribution in [1.29, 1.82) is 0 Å². The molecule has 2 amide bonds.